The quantitative estimate of drug-likeness (QED) is 0.616. The molecule has 0 aromatic heterocycles. The third-order valence-corrected chi connectivity index (χ3v) is 7.38. The molecule has 2 aromatic carbocycles. The summed E-state index contributed by atoms with van der Waals surface area (Å²) in [6, 6.07) is 13.4. The molecule has 0 radical (unpaired) electrons. The Kier molecular flexibility index (Phi) is 7.98. The normalized spacial score (nSPS) is 16.2. The highest BCUT2D eigenvalue weighted by Crippen LogP contribution is 2.25. The van der Waals surface area contributed by atoms with Gasteiger partial charge in [-0.05, 0) is 68.3 Å². The molecule has 1 saturated heterocycles. The number of amides is 1. The molecule has 1 unspecified atom stereocenters. The average molecular weight is 463 g/mol. The van der Waals surface area contributed by atoms with Crippen molar-refractivity contribution in [2.75, 3.05) is 33.9 Å². The summed E-state index contributed by atoms with van der Waals surface area (Å²) >= 11 is 0. The first kappa shape index (κ1) is 23.9. The second-order valence-electron chi connectivity index (χ2n) is 7.75. The first-order chi connectivity index (χ1) is 15.3. The van der Waals surface area contributed by atoms with Gasteiger partial charge in [-0.3, -0.25) is 4.79 Å². The molecular weight excluding hydrogens is 432 g/mol. The smallest absolute Gasteiger partial charge is 0.243 e. The predicted octanol–water partition coefficient (Wildman–Crippen LogP) is 2.69. The molecule has 3 rings (SSSR count). The number of hydrogen-bond acceptors (Lipinski definition) is 6. The maximum absolute atomic E-state index is 12.9. The van der Waals surface area contributed by atoms with Crippen LogP contribution < -0.4 is 19.5 Å². The van der Waals surface area contributed by atoms with Crippen LogP contribution in [0.5, 0.6) is 17.2 Å². The summed E-state index contributed by atoms with van der Waals surface area (Å²) in [4.78, 5) is 12.9. The molecule has 1 heterocycles. The standard InChI is InChI=1S/C23H30N2O6S/c1-17(16-31-21-6-4-19(29-2)5-7-21)24-23(26)18-12-14-25(15-13-18)32(27,28)22-10-8-20(30-3)9-11-22/h4-11,17-18H,12-16H2,1-3H3,(H,24,26). The number of rotatable bonds is 9. The zero-order valence-corrected chi connectivity index (χ0v) is 19.4. The summed E-state index contributed by atoms with van der Waals surface area (Å²) in [6.07, 6.45) is 0.959. The van der Waals surface area contributed by atoms with Gasteiger partial charge in [0.05, 0.1) is 25.2 Å². The Morgan fingerprint density at radius 1 is 0.969 bits per heavy atom. The van der Waals surface area contributed by atoms with Crippen molar-refractivity contribution in [2.24, 2.45) is 5.92 Å². The Hall–Kier alpha value is -2.78. The van der Waals surface area contributed by atoms with Crippen LogP contribution in [0.2, 0.25) is 0 Å². The lowest BCUT2D eigenvalue weighted by Gasteiger charge is -2.31. The van der Waals surface area contributed by atoms with Crippen LogP contribution in [-0.4, -0.2) is 58.6 Å². The molecule has 2 aromatic rings. The summed E-state index contributed by atoms with van der Waals surface area (Å²) in [6.45, 7) is 2.83. The van der Waals surface area contributed by atoms with Crippen LogP contribution in [0.4, 0.5) is 0 Å². The lowest BCUT2D eigenvalue weighted by Crippen LogP contribution is -2.45. The first-order valence-corrected chi connectivity index (χ1v) is 12.0. The molecule has 0 saturated carbocycles. The molecule has 1 amide bonds. The Morgan fingerprint density at radius 2 is 1.47 bits per heavy atom. The van der Waals surface area contributed by atoms with Crippen molar-refractivity contribution in [1.82, 2.24) is 9.62 Å². The van der Waals surface area contributed by atoms with Crippen LogP contribution in [-0.2, 0) is 14.8 Å². The van der Waals surface area contributed by atoms with E-state index in [9.17, 15) is 13.2 Å². The van der Waals surface area contributed by atoms with Gasteiger partial charge in [-0.25, -0.2) is 8.42 Å². The average Bonchev–Trinajstić information content (AvgIpc) is 2.83. The number of piperidine rings is 1. The Bertz CT molecular complexity index is 984. The third kappa shape index (κ3) is 5.92. The molecule has 8 nitrogen and oxygen atoms in total. The second kappa shape index (κ2) is 10.7. The number of nitrogens with one attached hydrogen (secondary N) is 1. The van der Waals surface area contributed by atoms with Crippen LogP contribution in [0.3, 0.4) is 0 Å². The molecule has 1 fully saturated rings. The fourth-order valence-electron chi connectivity index (χ4n) is 3.55. The molecular formula is C23H30N2O6S. The van der Waals surface area contributed by atoms with Gasteiger partial charge in [0.15, 0.2) is 0 Å². The zero-order valence-electron chi connectivity index (χ0n) is 18.6. The minimum absolute atomic E-state index is 0.0719. The van der Waals surface area contributed by atoms with Crippen molar-refractivity contribution in [1.29, 1.82) is 0 Å². The largest absolute Gasteiger partial charge is 0.497 e. The van der Waals surface area contributed by atoms with Gasteiger partial charge < -0.3 is 19.5 Å². The van der Waals surface area contributed by atoms with Crippen molar-refractivity contribution >= 4 is 15.9 Å². The van der Waals surface area contributed by atoms with E-state index in [0.717, 1.165) is 5.75 Å². The predicted molar refractivity (Wildman–Crippen MR) is 121 cm³/mol. The number of methoxy groups -OCH3 is 2. The summed E-state index contributed by atoms with van der Waals surface area (Å²) < 4.78 is 43.1. The van der Waals surface area contributed by atoms with Crippen molar-refractivity contribution in [3.8, 4) is 17.2 Å². The van der Waals surface area contributed by atoms with Crippen LogP contribution >= 0.6 is 0 Å². The molecule has 0 spiro atoms. The molecule has 1 aliphatic rings. The van der Waals surface area contributed by atoms with Crippen molar-refractivity contribution in [3.05, 3.63) is 48.5 Å². The summed E-state index contributed by atoms with van der Waals surface area (Å²) in [5, 5.41) is 2.97. The molecule has 174 valence electrons. The minimum atomic E-state index is -3.59. The number of carbonyl (C=O) groups is 1. The van der Waals surface area contributed by atoms with Crippen LogP contribution in [0.1, 0.15) is 19.8 Å². The minimum Gasteiger partial charge on any atom is -0.497 e. The maximum atomic E-state index is 12.9. The van der Waals surface area contributed by atoms with Gasteiger partial charge in [0.25, 0.3) is 0 Å². The van der Waals surface area contributed by atoms with E-state index in [1.165, 1.54) is 23.5 Å². The van der Waals surface area contributed by atoms with Crippen LogP contribution in [0, 0.1) is 5.92 Å². The summed E-state index contributed by atoms with van der Waals surface area (Å²) in [5.41, 5.74) is 0. The SMILES string of the molecule is COc1ccc(OCC(C)NC(=O)C2CCN(S(=O)(=O)c3ccc(OC)cc3)CC2)cc1. The van der Waals surface area contributed by atoms with Gasteiger partial charge in [-0.1, -0.05) is 0 Å². The third-order valence-electron chi connectivity index (χ3n) is 5.47. The summed E-state index contributed by atoms with van der Waals surface area (Å²) in [5.74, 6) is 1.76. The van der Waals surface area contributed by atoms with Gasteiger partial charge >= 0.3 is 0 Å². The zero-order chi connectivity index (χ0) is 23.1. The van der Waals surface area contributed by atoms with Crippen LogP contribution in [0.15, 0.2) is 53.4 Å². The van der Waals surface area contributed by atoms with Crippen molar-refractivity contribution in [3.63, 3.8) is 0 Å². The summed E-state index contributed by atoms with van der Waals surface area (Å²) in [7, 11) is -0.450. The molecule has 0 aliphatic carbocycles. The Balaban J connectivity index is 1.46. The molecule has 32 heavy (non-hydrogen) atoms. The fraction of sp³-hybridized carbons (Fsp3) is 0.435. The number of carbonyl (C=O) groups excluding carboxylic acids is 1. The number of benzene rings is 2. The van der Waals surface area contributed by atoms with Gasteiger partial charge in [0.1, 0.15) is 23.9 Å². The van der Waals surface area contributed by atoms with Gasteiger partial charge in [0.2, 0.25) is 15.9 Å². The van der Waals surface area contributed by atoms with E-state index >= 15 is 0 Å². The van der Waals surface area contributed by atoms with Crippen LogP contribution in [0.25, 0.3) is 0 Å². The number of hydrogen-bond donors (Lipinski definition) is 1. The molecule has 0 bridgehead atoms. The molecule has 9 heteroatoms. The van der Waals surface area contributed by atoms with Gasteiger partial charge in [0, 0.05) is 19.0 Å². The van der Waals surface area contributed by atoms with E-state index in [1.54, 1.807) is 19.2 Å². The highest BCUT2D eigenvalue weighted by atomic mass is 32.2. The molecule has 1 aliphatic heterocycles. The second-order valence-corrected chi connectivity index (χ2v) is 9.69. The van der Waals surface area contributed by atoms with Crippen molar-refractivity contribution < 1.29 is 27.4 Å². The highest BCUT2D eigenvalue weighted by molar-refractivity contribution is 7.89. The molecule has 1 N–H and O–H groups in total. The van der Waals surface area contributed by atoms with Gasteiger partial charge in [-0.15, -0.1) is 0 Å². The van der Waals surface area contributed by atoms with Gasteiger partial charge in [-0.2, -0.15) is 4.31 Å². The van der Waals surface area contributed by atoms with E-state index in [-0.39, 0.29) is 22.8 Å². The topological polar surface area (TPSA) is 94.2 Å². The van der Waals surface area contributed by atoms with E-state index < -0.39 is 10.0 Å². The monoisotopic (exact) mass is 462 g/mol. The number of sulfonamides is 1. The highest BCUT2D eigenvalue weighted by Gasteiger charge is 2.32. The van der Waals surface area contributed by atoms with E-state index in [1.807, 2.05) is 31.2 Å². The maximum Gasteiger partial charge on any atom is 0.243 e. The fourth-order valence-corrected chi connectivity index (χ4v) is 5.02. The number of nitrogens with zero attached hydrogens (tertiary/aromatic N) is 1. The Morgan fingerprint density at radius 3 is 2.00 bits per heavy atom. The van der Waals surface area contributed by atoms with E-state index in [4.69, 9.17) is 14.2 Å². The van der Waals surface area contributed by atoms with E-state index in [0.29, 0.717) is 44.0 Å². The lowest BCUT2D eigenvalue weighted by molar-refractivity contribution is -0.126. The molecule has 1 atom stereocenters. The lowest BCUT2D eigenvalue weighted by atomic mass is 9.97. The first-order valence-electron chi connectivity index (χ1n) is 10.5. The van der Waals surface area contributed by atoms with Crippen molar-refractivity contribution in [2.45, 2.75) is 30.7 Å². The number of ether oxygens (including phenoxy) is 3. The Labute approximate surface area is 189 Å². The van der Waals surface area contributed by atoms with E-state index in [2.05, 4.69) is 5.32 Å².